The molecule has 0 unspecified atom stereocenters. The highest BCUT2D eigenvalue weighted by Crippen LogP contribution is 2.27. The molecule has 0 radical (unpaired) electrons. The third-order valence-electron chi connectivity index (χ3n) is 4.91. The van der Waals surface area contributed by atoms with E-state index in [4.69, 9.17) is 0 Å². The molecule has 29 heavy (non-hydrogen) atoms. The first kappa shape index (κ1) is 20.9. The van der Waals surface area contributed by atoms with Crippen LogP contribution in [-0.2, 0) is 19.6 Å². The third-order valence-corrected chi connectivity index (χ3v) is 6.02. The van der Waals surface area contributed by atoms with Crippen LogP contribution >= 0.6 is 0 Å². The number of sulfonamides is 1. The SMILES string of the molecule is Cc1cccc(C)c1N(CC(=O)Nc1ccc(N2CCCC2=O)cc1)S(C)(=O)=O. The summed E-state index contributed by atoms with van der Waals surface area (Å²) in [5, 5.41) is 2.73. The Bertz CT molecular complexity index is 1010. The van der Waals surface area contributed by atoms with E-state index in [9.17, 15) is 18.0 Å². The second-order valence-corrected chi connectivity index (χ2v) is 9.16. The number of nitrogens with one attached hydrogen (secondary N) is 1. The fraction of sp³-hybridized carbons (Fsp3) is 0.333. The zero-order chi connectivity index (χ0) is 21.2. The van der Waals surface area contributed by atoms with Crippen LogP contribution in [0.3, 0.4) is 0 Å². The van der Waals surface area contributed by atoms with Crippen molar-refractivity contribution in [3.05, 3.63) is 53.6 Å². The number of anilines is 3. The van der Waals surface area contributed by atoms with E-state index in [1.807, 2.05) is 32.0 Å². The van der Waals surface area contributed by atoms with E-state index < -0.39 is 15.9 Å². The Kier molecular flexibility index (Phi) is 5.93. The quantitative estimate of drug-likeness (QED) is 0.786. The molecule has 1 aliphatic heterocycles. The average molecular weight is 416 g/mol. The Morgan fingerprint density at radius 3 is 2.24 bits per heavy atom. The van der Waals surface area contributed by atoms with E-state index in [0.717, 1.165) is 33.8 Å². The van der Waals surface area contributed by atoms with Crippen LogP contribution in [0.25, 0.3) is 0 Å². The van der Waals surface area contributed by atoms with Gasteiger partial charge in [0, 0.05) is 24.3 Å². The molecule has 0 atom stereocenters. The summed E-state index contributed by atoms with van der Waals surface area (Å²) in [5.41, 5.74) is 3.41. The predicted octanol–water partition coefficient (Wildman–Crippen LogP) is 2.83. The lowest BCUT2D eigenvalue weighted by atomic mass is 10.1. The lowest BCUT2D eigenvalue weighted by Crippen LogP contribution is -2.38. The molecular weight excluding hydrogens is 390 g/mol. The van der Waals surface area contributed by atoms with Gasteiger partial charge < -0.3 is 10.2 Å². The Morgan fingerprint density at radius 2 is 1.72 bits per heavy atom. The van der Waals surface area contributed by atoms with Crippen molar-refractivity contribution >= 4 is 38.9 Å². The first-order chi connectivity index (χ1) is 13.7. The minimum atomic E-state index is -3.65. The Labute approximate surface area is 171 Å². The van der Waals surface area contributed by atoms with Crippen molar-refractivity contribution in [3.63, 3.8) is 0 Å². The van der Waals surface area contributed by atoms with Crippen LogP contribution in [0.5, 0.6) is 0 Å². The van der Waals surface area contributed by atoms with Gasteiger partial charge in [-0.2, -0.15) is 0 Å². The largest absolute Gasteiger partial charge is 0.325 e. The maximum absolute atomic E-state index is 12.6. The number of hydrogen-bond donors (Lipinski definition) is 1. The number of para-hydroxylation sites is 1. The van der Waals surface area contributed by atoms with Crippen LogP contribution in [-0.4, -0.2) is 39.6 Å². The van der Waals surface area contributed by atoms with Crippen molar-refractivity contribution in [1.82, 2.24) is 0 Å². The van der Waals surface area contributed by atoms with Gasteiger partial charge in [0.1, 0.15) is 6.54 Å². The van der Waals surface area contributed by atoms with Gasteiger partial charge in [0.15, 0.2) is 0 Å². The molecule has 2 aromatic rings. The highest BCUT2D eigenvalue weighted by molar-refractivity contribution is 7.92. The van der Waals surface area contributed by atoms with E-state index in [0.29, 0.717) is 24.3 Å². The molecule has 2 aromatic carbocycles. The average Bonchev–Trinajstić information content (AvgIpc) is 3.06. The van der Waals surface area contributed by atoms with E-state index in [1.54, 1.807) is 29.2 Å². The molecule has 0 saturated carbocycles. The highest BCUT2D eigenvalue weighted by Gasteiger charge is 2.24. The van der Waals surface area contributed by atoms with Gasteiger partial charge in [-0.1, -0.05) is 18.2 Å². The molecule has 0 bridgehead atoms. The number of carbonyl (C=O) groups excluding carboxylic acids is 2. The molecule has 0 aromatic heterocycles. The van der Waals surface area contributed by atoms with Gasteiger partial charge in [-0.15, -0.1) is 0 Å². The molecule has 3 rings (SSSR count). The summed E-state index contributed by atoms with van der Waals surface area (Å²) < 4.78 is 25.8. The number of aryl methyl sites for hydroxylation is 2. The van der Waals surface area contributed by atoms with Crippen LogP contribution in [0, 0.1) is 13.8 Å². The zero-order valence-electron chi connectivity index (χ0n) is 16.8. The second kappa shape index (κ2) is 8.24. The van der Waals surface area contributed by atoms with Crippen LogP contribution in [0.2, 0.25) is 0 Å². The van der Waals surface area contributed by atoms with Crippen molar-refractivity contribution in [1.29, 1.82) is 0 Å². The van der Waals surface area contributed by atoms with Gasteiger partial charge in [0.05, 0.1) is 11.9 Å². The van der Waals surface area contributed by atoms with Crippen LogP contribution in [0.15, 0.2) is 42.5 Å². The van der Waals surface area contributed by atoms with E-state index >= 15 is 0 Å². The lowest BCUT2D eigenvalue weighted by molar-refractivity contribution is -0.117. The summed E-state index contributed by atoms with van der Waals surface area (Å²) in [6.07, 6.45) is 2.49. The molecule has 154 valence electrons. The predicted molar refractivity (Wildman–Crippen MR) is 115 cm³/mol. The van der Waals surface area contributed by atoms with Crippen molar-refractivity contribution in [2.24, 2.45) is 0 Å². The second-order valence-electron chi connectivity index (χ2n) is 7.25. The Morgan fingerprint density at radius 1 is 1.10 bits per heavy atom. The zero-order valence-corrected chi connectivity index (χ0v) is 17.6. The van der Waals surface area contributed by atoms with Gasteiger partial charge in [0.25, 0.3) is 0 Å². The number of benzene rings is 2. The molecule has 7 nitrogen and oxygen atoms in total. The molecule has 1 heterocycles. The maximum Gasteiger partial charge on any atom is 0.245 e. The van der Waals surface area contributed by atoms with Gasteiger partial charge in [-0.25, -0.2) is 8.42 Å². The summed E-state index contributed by atoms with van der Waals surface area (Å²) >= 11 is 0. The van der Waals surface area contributed by atoms with Crippen LogP contribution in [0.1, 0.15) is 24.0 Å². The fourth-order valence-corrected chi connectivity index (χ4v) is 4.51. The summed E-state index contributed by atoms with van der Waals surface area (Å²) in [6, 6.07) is 12.5. The van der Waals surface area contributed by atoms with Crippen molar-refractivity contribution in [3.8, 4) is 0 Å². The molecule has 2 amide bonds. The van der Waals surface area contributed by atoms with E-state index in [1.165, 1.54) is 0 Å². The van der Waals surface area contributed by atoms with Gasteiger partial charge in [-0.05, 0) is 55.7 Å². The fourth-order valence-electron chi connectivity index (χ4n) is 3.54. The van der Waals surface area contributed by atoms with Crippen LogP contribution in [0.4, 0.5) is 17.1 Å². The Balaban J connectivity index is 1.75. The first-order valence-corrected chi connectivity index (χ1v) is 11.3. The van der Waals surface area contributed by atoms with Crippen molar-refractivity contribution in [2.45, 2.75) is 26.7 Å². The number of rotatable bonds is 6. The topological polar surface area (TPSA) is 86.8 Å². The van der Waals surface area contributed by atoms with Gasteiger partial charge >= 0.3 is 0 Å². The molecule has 1 fully saturated rings. The first-order valence-electron chi connectivity index (χ1n) is 9.41. The minimum absolute atomic E-state index is 0.0965. The Hall–Kier alpha value is -2.87. The summed E-state index contributed by atoms with van der Waals surface area (Å²) in [7, 11) is -3.65. The standard InChI is InChI=1S/C21H25N3O4S/c1-15-6-4-7-16(2)21(15)24(29(3,27)28)14-19(25)22-17-9-11-18(12-10-17)23-13-5-8-20(23)26/h4,6-7,9-12H,5,8,13-14H2,1-3H3,(H,22,25). The van der Waals surface area contributed by atoms with Crippen molar-refractivity contribution in [2.75, 3.05) is 33.9 Å². The monoisotopic (exact) mass is 415 g/mol. The lowest BCUT2D eigenvalue weighted by Gasteiger charge is -2.25. The van der Waals surface area contributed by atoms with E-state index in [-0.39, 0.29) is 12.5 Å². The number of carbonyl (C=O) groups is 2. The van der Waals surface area contributed by atoms with E-state index in [2.05, 4.69) is 5.32 Å². The number of nitrogens with zero attached hydrogens (tertiary/aromatic N) is 2. The number of amides is 2. The normalized spacial score (nSPS) is 14.2. The molecule has 0 aliphatic carbocycles. The maximum atomic E-state index is 12.6. The third kappa shape index (κ3) is 4.76. The summed E-state index contributed by atoms with van der Waals surface area (Å²) in [4.78, 5) is 26.1. The molecular formula is C21H25N3O4S. The summed E-state index contributed by atoms with van der Waals surface area (Å²) in [6.45, 7) is 4.01. The molecule has 0 spiro atoms. The molecule has 1 saturated heterocycles. The highest BCUT2D eigenvalue weighted by atomic mass is 32.2. The summed E-state index contributed by atoms with van der Waals surface area (Å²) in [5.74, 6) is -0.345. The van der Waals surface area contributed by atoms with Gasteiger partial charge in [0.2, 0.25) is 21.8 Å². The number of hydrogen-bond acceptors (Lipinski definition) is 4. The minimum Gasteiger partial charge on any atom is -0.325 e. The van der Waals surface area contributed by atoms with Gasteiger partial charge in [-0.3, -0.25) is 13.9 Å². The van der Waals surface area contributed by atoms with Crippen LogP contribution < -0.4 is 14.5 Å². The van der Waals surface area contributed by atoms with Crippen molar-refractivity contribution < 1.29 is 18.0 Å². The molecule has 1 N–H and O–H groups in total. The smallest absolute Gasteiger partial charge is 0.245 e. The molecule has 8 heteroatoms. The molecule has 1 aliphatic rings.